The van der Waals surface area contributed by atoms with Gasteiger partial charge in [-0.25, -0.2) is 28.7 Å². The number of carbonyl (C=O) groups excluding carboxylic acids is 3. The highest BCUT2D eigenvalue weighted by molar-refractivity contribution is 7.90. The number of rotatable bonds is 14. The molecule has 20 nitrogen and oxygen atoms in total. The Labute approximate surface area is 363 Å². The van der Waals surface area contributed by atoms with Crippen LogP contribution in [0.25, 0.3) is 5.69 Å². The van der Waals surface area contributed by atoms with Crippen molar-refractivity contribution in [1.29, 1.82) is 0 Å². The van der Waals surface area contributed by atoms with Crippen LogP contribution in [0, 0.1) is 0 Å². The molecule has 0 spiro atoms. The van der Waals surface area contributed by atoms with Gasteiger partial charge in [0.05, 0.1) is 38.6 Å². The zero-order chi connectivity index (χ0) is 47.5. The molecule has 2 N–H and O–H groups in total. The van der Waals surface area contributed by atoms with Gasteiger partial charge in [-0.1, -0.05) is 19.1 Å². The zero-order valence-electron chi connectivity index (χ0n) is 35.5. The van der Waals surface area contributed by atoms with E-state index in [4.69, 9.17) is 23.7 Å². The first kappa shape index (κ1) is 49.2. The van der Waals surface area contributed by atoms with Gasteiger partial charge in [0.25, 0.3) is 21.5 Å². The maximum absolute atomic E-state index is 13.1. The molecular weight excluding hydrogens is 874 g/mol. The Morgan fingerprint density at radius 1 is 0.922 bits per heavy atom. The third kappa shape index (κ3) is 12.3. The molecule has 2 aromatic carbocycles. The van der Waals surface area contributed by atoms with E-state index in [0.717, 1.165) is 19.0 Å². The number of urea groups is 1. The third-order valence-corrected chi connectivity index (χ3v) is 9.98. The van der Waals surface area contributed by atoms with Gasteiger partial charge in [-0.3, -0.25) is 19.5 Å². The van der Waals surface area contributed by atoms with Crippen LogP contribution in [0.15, 0.2) is 87.5 Å². The Kier molecular flexibility index (Phi) is 16.2. The summed E-state index contributed by atoms with van der Waals surface area (Å²) in [5.41, 5.74) is -1.99. The predicted molar refractivity (Wildman–Crippen MR) is 221 cm³/mol. The van der Waals surface area contributed by atoms with Crippen molar-refractivity contribution in [2.24, 2.45) is 7.05 Å². The molecule has 5 rings (SSSR count). The van der Waals surface area contributed by atoms with Crippen molar-refractivity contribution in [3.05, 3.63) is 116 Å². The summed E-state index contributed by atoms with van der Waals surface area (Å²) in [6.45, 7) is 3.63. The Balaban J connectivity index is 0.000000290. The highest BCUT2D eigenvalue weighted by atomic mass is 32.2. The van der Waals surface area contributed by atoms with Crippen LogP contribution in [0.4, 0.5) is 23.9 Å². The fraction of sp³-hybridized carbons (Fsp3) is 0.300. The average molecular weight is 917 g/mol. The maximum atomic E-state index is 13.1. The van der Waals surface area contributed by atoms with E-state index in [2.05, 4.69) is 20.3 Å². The van der Waals surface area contributed by atoms with Gasteiger partial charge in [0.1, 0.15) is 23.8 Å². The van der Waals surface area contributed by atoms with Crippen LogP contribution < -0.4 is 40.2 Å². The van der Waals surface area contributed by atoms with Gasteiger partial charge in [0.15, 0.2) is 11.1 Å². The smallest absolute Gasteiger partial charge is 0.431 e. The fourth-order valence-corrected chi connectivity index (χ4v) is 6.45. The minimum Gasteiger partial charge on any atom is -0.489 e. The molecule has 0 aliphatic rings. The maximum Gasteiger partial charge on any atom is 0.431 e. The van der Waals surface area contributed by atoms with Gasteiger partial charge in [0, 0.05) is 39.0 Å². The highest BCUT2D eigenvalue weighted by Crippen LogP contribution is 2.28. The number of hydrogen-bond donors (Lipinski definition) is 2. The molecular formula is C40H43F3N8O12S. The van der Waals surface area contributed by atoms with Crippen LogP contribution in [-0.2, 0) is 45.8 Å². The quantitative estimate of drug-likeness (QED) is 0.151. The number of aryl methyl sites for hydroxylation is 1. The Morgan fingerprint density at radius 2 is 1.56 bits per heavy atom. The molecule has 3 amide bonds. The molecule has 0 aliphatic carbocycles. The largest absolute Gasteiger partial charge is 0.489 e. The van der Waals surface area contributed by atoms with Crippen molar-refractivity contribution < 1.29 is 59.7 Å². The molecule has 5 aromatic rings. The number of ether oxygens (including phenoxy) is 5. The number of esters is 1. The zero-order valence-corrected chi connectivity index (χ0v) is 36.4. The van der Waals surface area contributed by atoms with Crippen LogP contribution in [0.5, 0.6) is 23.3 Å². The number of carbonyl (C=O) groups is 3. The van der Waals surface area contributed by atoms with Crippen molar-refractivity contribution >= 4 is 33.9 Å². The number of pyridine rings is 1. The van der Waals surface area contributed by atoms with E-state index in [9.17, 15) is 45.6 Å². The normalized spacial score (nSPS) is 11.5. The van der Waals surface area contributed by atoms with E-state index in [1.54, 1.807) is 11.6 Å². The number of amides is 3. The molecule has 3 heterocycles. The van der Waals surface area contributed by atoms with E-state index < -0.39 is 62.2 Å². The topological polar surface area (TPSA) is 241 Å². The Bertz CT molecular complexity index is 2710. The number of halogens is 3. The highest BCUT2D eigenvalue weighted by Gasteiger charge is 2.35. The first-order valence-corrected chi connectivity index (χ1v) is 20.1. The second-order valence-corrected chi connectivity index (χ2v) is 14.9. The minimum absolute atomic E-state index is 0.0779. The molecule has 0 fully saturated rings. The summed E-state index contributed by atoms with van der Waals surface area (Å²) >= 11 is 0. The van der Waals surface area contributed by atoms with Gasteiger partial charge in [-0.05, 0) is 61.4 Å². The first-order chi connectivity index (χ1) is 30.1. The van der Waals surface area contributed by atoms with Crippen LogP contribution in [0.2, 0.25) is 0 Å². The van der Waals surface area contributed by atoms with Gasteiger partial charge >= 0.3 is 23.9 Å². The van der Waals surface area contributed by atoms with Crippen LogP contribution in [-0.4, -0.2) is 96.8 Å². The summed E-state index contributed by atoms with van der Waals surface area (Å²) in [6, 6.07) is 14.6. The number of aromatic nitrogens is 5. The number of sulfonamides is 1. The standard InChI is InChI=1S/C25H25F3N2O6.C15H18N6O6S/c1-5-16-6-7-17(20(12-16)36-15(2)23(32)34-4)14-35-19-10-8-18(9-11-19)30-22(31)13-21(25(26,27)28)29(3)24(30)33;1-21(2)13(22)9-6-5-7-16-12(9)28(24,25)20-15(23)19-14-17-10(26-3)8-11(18-14)27-4/h6-13,15H,5,14H2,1-4H3;5-8H,1-4H3,(H2,17,18,19,20,23). The van der Waals surface area contributed by atoms with Gasteiger partial charge in [-0.15, -0.1) is 0 Å². The molecule has 0 saturated carbocycles. The van der Waals surface area contributed by atoms with Crippen molar-refractivity contribution in [3.8, 4) is 28.9 Å². The Hall–Kier alpha value is -7.50. The summed E-state index contributed by atoms with van der Waals surface area (Å²) in [4.78, 5) is 73.4. The summed E-state index contributed by atoms with van der Waals surface area (Å²) in [7, 11) is 3.37. The molecule has 0 radical (unpaired) electrons. The van der Waals surface area contributed by atoms with E-state index >= 15 is 0 Å². The minimum atomic E-state index is -4.84. The summed E-state index contributed by atoms with van der Waals surface area (Å²) in [6.07, 6.45) is -3.72. The van der Waals surface area contributed by atoms with Crippen molar-refractivity contribution in [2.75, 3.05) is 40.7 Å². The van der Waals surface area contributed by atoms with E-state index in [-0.39, 0.29) is 35.6 Å². The van der Waals surface area contributed by atoms with Crippen molar-refractivity contribution in [2.45, 2.75) is 44.2 Å². The molecule has 342 valence electrons. The number of hydrogen-bond acceptors (Lipinski definition) is 15. The predicted octanol–water partition coefficient (Wildman–Crippen LogP) is 3.74. The fourth-order valence-electron chi connectivity index (χ4n) is 5.42. The molecule has 0 bridgehead atoms. The molecule has 3 aromatic heterocycles. The van der Waals surface area contributed by atoms with E-state index in [1.165, 1.54) is 89.0 Å². The Morgan fingerprint density at radius 3 is 2.12 bits per heavy atom. The lowest BCUT2D eigenvalue weighted by atomic mass is 10.1. The summed E-state index contributed by atoms with van der Waals surface area (Å²) in [5.74, 6) is -0.346. The van der Waals surface area contributed by atoms with E-state index in [0.29, 0.717) is 32.3 Å². The first-order valence-electron chi connectivity index (χ1n) is 18.6. The summed E-state index contributed by atoms with van der Waals surface area (Å²) < 4.78 is 93.2. The lowest BCUT2D eigenvalue weighted by Gasteiger charge is -2.17. The van der Waals surface area contributed by atoms with Crippen LogP contribution >= 0.6 is 0 Å². The number of methoxy groups -OCH3 is 3. The molecule has 1 unspecified atom stereocenters. The van der Waals surface area contributed by atoms with E-state index in [1.807, 2.05) is 25.1 Å². The molecule has 0 aliphatic heterocycles. The second-order valence-electron chi connectivity index (χ2n) is 13.3. The number of alkyl halides is 3. The summed E-state index contributed by atoms with van der Waals surface area (Å²) in [5, 5.41) is 1.56. The van der Waals surface area contributed by atoms with Crippen LogP contribution in [0.3, 0.4) is 0 Å². The molecule has 64 heavy (non-hydrogen) atoms. The van der Waals surface area contributed by atoms with Crippen molar-refractivity contribution in [1.82, 2.24) is 33.7 Å². The van der Waals surface area contributed by atoms with Crippen molar-refractivity contribution in [3.63, 3.8) is 0 Å². The second kappa shape index (κ2) is 21.0. The van der Waals surface area contributed by atoms with Gasteiger partial charge in [-0.2, -0.15) is 31.6 Å². The lowest BCUT2D eigenvalue weighted by molar-refractivity contribution is -0.148. The van der Waals surface area contributed by atoms with Gasteiger partial charge < -0.3 is 28.6 Å². The van der Waals surface area contributed by atoms with Crippen LogP contribution in [0.1, 0.15) is 41.0 Å². The molecule has 1 atom stereocenters. The molecule has 0 saturated heterocycles. The number of nitrogens with one attached hydrogen (secondary N) is 2. The number of benzene rings is 2. The SMILES string of the molecule is CCc1ccc(COc2ccc(-n3c(=O)cc(C(F)(F)F)n(C)c3=O)cc2)c(OC(C)C(=O)OC)c1.COc1cc(OC)nc(NC(=O)NS(=O)(=O)c2ncccc2C(=O)N(C)C)n1. The number of anilines is 1. The monoisotopic (exact) mass is 916 g/mol. The number of nitrogens with zero attached hydrogens (tertiary/aromatic N) is 6. The van der Waals surface area contributed by atoms with Gasteiger partial charge in [0.2, 0.25) is 17.7 Å². The lowest BCUT2D eigenvalue weighted by Crippen LogP contribution is -2.40. The molecule has 24 heteroatoms. The average Bonchev–Trinajstić information content (AvgIpc) is 3.26. The third-order valence-electron chi connectivity index (χ3n) is 8.69.